The van der Waals surface area contributed by atoms with E-state index in [0.29, 0.717) is 30.8 Å². The largest absolute Gasteiger partial charge is 0.443 e. The summed E-state index contributed by atoms with van der Waals surface area (Å²) < 4.78 is 28.9. The van der Waals surface area contributed by atoms with Gasteiger partial charge in [-0.2, -0.15) is 4.98 Å². The maximum atomic E-state index is 12.6. The minimum absolute atomic E-state index is 0.0268. The predicted octanol–water partition coefficient (Wildman–Crippen LogP) is 1.67. The Morgan fingerprint density at radius 2 is 1.86 bits per heavy atom. The number of sulfone groups is 1. The van der Waals surface area contributed by atoms with Crippen LogP contribution in [-0.4, -0.2) is 54.9 Å². The van der Waals surface area contributed by atoms with E-state index in [9.17, 15) is 13.2 Å². The van der Waals surface area contributed by atoms with Gasteiger partial charge in [-0.05, 0) is 40.0 Å². The summed E-state index contributed by atoms with van der Waals surface area (Å²) in [5.41, 5.74) is 1.66. The van der Waals surface area contributed by atoms with Gasteiger partial charge in [0.25, 0.3) is 0 Å². The van der Waals surface area contributed by atoms with Gasteiger partial charge in [-0.1, -0.05) is 0 Å². The molecule has 0 spiro atoms. The second-order valence-corrected chi connectivity index (χ2v) is 10.2. The van der Waals surface area contributed by atoms with Gasteiger partial charge in [-0.15, -0.1) is 0 Å². The Labute approximate surface area is 164 Å². The average Bonchev–Trinajstić information content (AvgIpc) is 3.12. The lowest BCUT2D eigenvalue weighted by molar-refractivity contribution is -0.126. The van der Waals surface area contributed by atoms with Crippen LogP contribution >= 0.6 is 0 Å². The molecule has 152 valence electrons. The number of fused-ring (bicyclic) bond motifs is 1. The Bertz CT molecular complexity index is 1020. The Kier molecular flexibility index (Phi) is 4.81. The summed E-state index contributed by atoms with van der Waals surface area (Å²) >= 11 is 0. The number of piperidine rings is 1. The highest BCUT2D eigenvalue weighted by atomic mass is 32.2. The predicted molar refractivity (Wildman–Crippen MR) is 106 cm³/mol. The third-order valence-electron chi connectivity index (χ3n) is 5.87. The van der Waals surface area contributed by atoms with E-state index in [1.807, 2.05) is 20.8 Å². The Balaban J connectivity index is 1.45. The molecule has 2 fully saturated rings. The van der Waals surface area contributed by atoms with Gasteiger partial charge in [-0.3, -0.25) is 4.79 Å². The first kappa shape index (κ1) is 19.2. The van der Waals surface area contributed by atoms with Crippen LogP contribution < -0.4 is 10.2 Å². The molecule has 1 amide bonds. The first-order valence-electron chi connectivity index (χ1n) is 9.73. The first-order valence-corrected chi connectivity index (χ1v) is 11.6. The maximum absolute atomic E-state index is 12.6. The smallest absolute Gasteiger partial charge is 0.231 e. The van der Waals surface area contributed by atoms with E-state index in [-0.39, 0.29) is 29.4 Å². The molecule has 2 aromatic rings. The summed E-state index contributed by atoms with van der Waals surface area (Å²) in [7, 11) is -2.99. The number of carbonyl (C=O) groups is 1. The van der Waals surface area contributed by atoms with Crippen molar-refractivity contribution in [2.45, 2.75) is 46.1 Å². The highest BCUT2D eigenvalue weighted by molar-refractivity contribution is 7.91. The van der Waals surface area contributed by atoms with Gasteiger partial charge in [-0.25, -0.2) is 13.4 Å². The number of nitrogens with zero attached hydrogens (tertiary/aromatic N) is 3. The van der Waals surface area contributed by atoms with Crippen LogP contribution in [0.1, 0.15) is 36.4 Å². The van der Waals surface area contributed by atoms with Gasteiger partial charge in [0.05, 0.1) is 16.9 Å². The molecule has 2 aliphatic heterocycles. The molecule has 0 radical (unpaired) electrons. The number of hydrogen-bond acceptors (Lipinski definition) is 7. The summed E-state index contributed by atoms with van der Waals surface area (Å²) in [6.45, 7) is 7.23. The molecule has 8 nitrogen and oxygen atoms in total. The molecule has 2 saturated heterocycles. The number of aromatic nitrogens is 2. The Morgan fingerprint density at radius 3 is 2.50 bits per heavy atom. The quantitative estimate of drug-likeness (QED) is 0.826. The number of nitrogens with one attached hydrogen (secondary N) is 1. The van der Waals surface area contributed by atoms with E-state index >= 15 is 0 Å². The van der Waals surface area contributed by atoms with Crippen molar-refractivity contribution in [2.24, 2.45) is 5.92 Å². The summed E-state index contributed by atoms with van der Waals surface area (Å²) in [5, 5.41) is 3.88. The average molecular weight is 407 g/mol. The topological polar surface area (TPSA) is 105 Å². The zero-order valence-electron chi connectivity index (χ0n) is 16.5. The zero-order valence-corrected chi connectivity index (χ0v) is 17.3. The molecular formula is C19H26N4O4S. The fraction of sp³-hybridized carbons (Fsp3) is 0.632. The van der Waals surface area contributed by atoms with Gasteiger partial charge >= 0.3 is 0 Å². The zero-order chi connectivity index (χ0) is 20.1. The van der Waals surface area contributed by atoms with Crippen LogP contribution in [0.4, 0.5) is 5.82 Å². The van der Waals surface area contributed by atoms with Crippen LogP contribution in [0.25, 0.3) is 11.1 Å². The number of rotatable bonds is 3. The fourth-order valence-corrected chi connectivity index (χ4v) is 5.82. The molecule has 0 saturated carbocycles. The van der Waals surface area contributed by atoms with E-state index in [1.165, 1.54) is 0 Å². The SMILES string of the molecule is Cc1nc(N2CCC(C(=O)N[C@@H]3CCS(=O)(=O)C3)CC2)c2c(C)c(C)oc2n1. The highest BCUT2D eigenvalue weighted by Crippen LogP contribution is 2.33. The molecule has 1 N–H and O–H groups in total. The molecule has 4 heterocycles. The lowest BCUT2D eigenvalue weighted by Crippen LogP contribution is -2.44. The minimum Gasteiger partial charge on any atom is -0.443 e. The van der Waals surface area contributed by atoms with E-state index in [1.54, 1.807) is 0 Å². The first-order chi connectivity index (χ1) is 13.2. The van der Waals surface area contributed by atoms with Crippen LogP contribution in [0, 0.1) is 26.7 Å². The molecule has 0 bridgehead atoms. The molecule has 0 unspecified atom stereocenters. The monoisotopic (exact) mass is 406 g/mol. The number of amides is 1. The van der Waals surface area contributed by atoms with Crippen LogP contribution in [0.5, 0.6) is 0 Å². The van der Waals surface area contributed by atoms with Crippen LogP contribution in [0.3, 0.4) is 0 Å². The summed E-state index contributed by atoms with van der Waals surface area (Å²) in [5.74, 6) is 2.50. The van der Waals surface area contributed by atoms with Gasteiger partial charge in [0.2, 0.25) is 11.6 Å². The lowest BCUT2D eigenvalue weighted by atomic mass is 9.95. The van der Waals surface area contributed by atoms with Crippen LogP contribution in [0.15, 0.2) is 4.42 Å². The van der Waals surface area contributed by atoms with E-state index in [0.717, 1.165) is 35.6 Å². The Morgan fingerprint density at radius 1 is 1.14 bits per heavy atom. The van der Waals surface area contributed by atoms with E-state index < -0.39 is 9.84 Å². The molecule has 4 rings (SSSR count). The van der Waals surface area contributed by atoms with Crippen molar-refractivity contribution in [1.29, 1.82) is 0 Å². The van der Waals surface area contributed by atoms with Crippen molar-refractivity contribution < 1.29 is 17.6 Å². The van der Waals surface area contributed by atoms with Gasteiger partial charge in [0.15, 0.2) is 9.84 Å². The summed E-state index contributed by atoms with van der Waals surface area (Å²) in [4.78, 5) is 23.8. The number of anilines is 1. The van der Waals surface area contributed by atoms with Crippen molar-refractivity contribution in [3.05, 3.63) is 17.1 Å². The molecule has 0 aromatic carbocycles. The molecule has 28 heavy (non-hydrogen) atoms. The normalized spacial score (nSPS) is 22.7. The van der Waals surface area contributed by atoms with Crippen LogP contribution in [0.2, 0.25) is 0 Å². The second-order valence-electron chi connectivity index (χ2n) is 7.93. The number of aryl methyl sites for hydroxylation is 3. The van der Waals surface area contributed by atoms with Gasteiger partial charge in [0, 0.05) is 30.6 Å². The third-order valence-corrected chi connectivity index (χ3v) is 7.63. The van der Waals surface area contributed by atoms with Crippen molar-refractivity contribution in [2.75, 3.05) is 29.5 Å². The van der Waals surface area contributed by atoms with E-state index in [2.05, 4.69) is 20.2 Å². The lowest BCUT2D eigenvalue weighted by Gasteiger charge is -2.33. The maximum Gasteiger partial charge on any atom is 0.231 e. The van der Waals surface area contributed by atoms with Gasteiger partial charge in [0.1, 0.15) is 17.4 Å². The fourth-order valence-electron chi connectivity index (χ4n) is 4.14. The Hall–Kier alpha value is -2.16. The van der Waals surface area contributed by atoms with E-state index in [4.69, 9.17) is 4.42 Å². The molecular weight excluding hydrogens is 380 g/mol. The molecule has 2 aliphatic rings. The van der Waals surface area contributed by atoms with Crippen molar-refractivity contribution in [1.82, 2.24) is 15.3 Å². The van der Waals surface area contributed by atoms with Gasteiger partial charge < -0.3 is 14.6 Å². The molecule has 9 heteroatoms. The number of furan rings is 1. The van der Waals surface area contributed by atoms with Crippen molar-refractivity contribution >= 4 is 32.7 Å². The number of carbonyl (C=O) groups excluding carboxylic acids is 1. The second kappa shape index (κ2) is 7.02. The minimum atomic E-state index is -2.99. The van der Waals surface area contributed by atoms with Crippen molar-refractivity contribution in [3.8, 4) is 0 Å². The molecule has 2 aromatic heterocycles. The summed E-state index contributed by atoms with van der Waals surface area (Å²) in [6, 6.07) is -0.240. The van der Waals surface area contributed by atoms with Crippen LogP contribution in [-0.2, 0) is 14.6 Å². The standard InChI is InChI=1S/C19H26N4O4S/c1-11-12(2)27-19-16(11)17(20-13(3)21-19)23-7-4-14(5-8-23)18(24)22-15-6-9-28(25,26)10-15/h14-15H,4-10H2,1-3H3,(H,22,24)/t15-/m1/s1. The van der Waals surface area contributed by atoms with Crippen molar-refractivity contribution in [3.63, 3.8) is 0 Å². The molecule has 1 atom stereocenters. The molecule has 0 aliphatic carbocycles. The third kappa shape index (κ3) is 3.59. The summed E-state index contributed by atoms with van der Waals surface area (Å²) in [6.07, 6.45) is 1.95. The highest BCUT2D eigenvalue weighted by Gasteiger charge is 2.33. The number of hydrogen-bond donors (Lipinski definition) is 1.